The summed E-state index contributed by atoms with van der Waals surface area (Å²) >= 11 is 0. The maximum atomic E-state index is 13.7. The summed E-state index contributed by atoms with van der Waals surface area (Å²) in [4.78, 5) is 22.4. The van der Waals surface area contributed by atoms with Gasteiger partial charge in [0, 0.05) is 50.4 Å². The van der Waals surface area contributed by atoms with Crippen LogP contribution >= 0.6 is 0 Å². The number of benzene rings is 2. The Hall–Kier alpha value is -3.51. The molecule has 37 heavy (non-hydrogen) atoms. The first kappa shape index (κ1) is 23.9. The van der Waals surface area contributed by atoms with E-state index in [4.69, 9.17) is 4.98 Å². The summed E-state index contributed by atoms with van der Waals surface area (Å²) in [7, 11) is 0. The second-order valence-corrected chi connectivity index (χ2v) is 10.5. The van der Waals surface area contributed by atoms with Crippen molar-refractivity contribution < 1.29 is 9.18 Å². The molecule has 1 aliphatic heterocycles. The molecule has 0 unspecified atom stereocenters. The number of carbonyl (C=O) groups excluding carboxylic acids is 1. The van der Waals surface area contributed by atoms with Crippen molar-refractivity contribution in [2.75, 3.05) is 26.2 Å². The highest BCUT2D eigenvalue weighted by atomic mass is 19.1. The lowest BCUT2D eigenvalue weighted by atomic mass is 10.1. The third-order valence-electron chi connectivity index (χ3n) is 7.95. The van der Waals surface area contributed by atoms with Crippen LogP contribution in [-0.4, -0.2) is 51.3 Å². The molecule has 2 fully saturated rings. The number of carbonyl (C=O) groups is 1. The molecule has 0 bridgehead atoms. The normalized spacial score (nSPS) is 17.1. The lowest BCUT2D eigenvalue weighted by Crippen LogP contribution is -2.49. The Bertz CT molecular complexity index is 1410. The van der Waals surface area contributed by atoms with Crippen LogP contribution in [0, 0.1) is 18.7 Å². The number of rotatable bonds is 5. The third-order valence-corrected chi connectivity index (χ3v) is 7.95. The Balaban J connectivity index is 1.31. The van der Waals surface area contributed by atoms with Crippen molar-refractivity contribution >= 4 is 11.6 Å². The maximum absolute atomic E-state index is 13.7. The molecule has 0 atom stereocenters. The van der Waals surface area contributed by atoms with Gasteiger partial charge in [-0.1, -0.05) is 42.7 Å². The zero-order valence-corrected chi connectivity index (χ0v) is 21.4. The molecule has 4 aromatic rings. The van der Waals surface area contributed by atoms with Crippen LogP contribution in [0.4, 0.5) is 4.39 Å². The highest BCUT2D eigenvalue weighted by Crippen LogP contribution is 2.30. The third kappa shape index (κ3) is 4.90. The number of nitrogens with zero attached hydrogens (tertiary/aromatic N) is 4. The number of imidazole rings is 1. The number of amides is 1. The Morgan fingerprint density at radius 1 is 0.919 bits per heavy atom. The van der Waals surface area contributed by atoms with Crippen LogP contribution < -0.4 is 0 Å². The fourth-order valence-electron chi connectivity index (χ4n) is 5.85. The SMILES string of the molecule is Cc1cccc(-c2ccc3nc(-c4ccc(F)cc4)c(CN4CCN(C(=O)C5CCCC5)CC4)n3c2)c1. The number of fused-ring (bicyclic) bond motifs is 1. The van der Waals surface area contributed by atoms with Crippen LogP contribution in [-0.2, 0) is 11.3 Å². The number of aryl methyl sites for hydroxylation is 1. The van der Waals surface area contributed by atoms with Crippen molar-refractivity contribution in [1.29, 1.82) is 0 Å². The molecule has 0 spiro atoms. The highest BCUT2D eigenvalue weighted by Gasteiger charge is 2.30. The van der Waals surface area contributed by atoms with Gasteiger partial charge in [-0.05, 0) is 67.3 Å². The van der Waals surface area contributed by atoms with E-state index in [1.165, 1.54) is 36.1 Å². The van der Waals surface area contributed by atoms with E-state index < -0.39 is 0 Å². The van der Waals surface area contributed by atoms with E-state index in [0.29, 0.717) is 5.91 Å². The van der Waals surface area contributed by atoms with Gasteiger partial charge in [0.2, 0.25) is 5.91 Å². The molecule has 2 aliphatic rings. The average Bonchev–Trinajstić information content (AvgIpc) is 3.58. The molecular weight excluding hydrogens is 463 g/mol. The van der Waals surface area contributed by atoms with E-state index in [0.717, 1.165) is 73.7 Å². The van der Waals surface area contributed by atoms with Crippen LogP contribution in [0.5, 0.6) is 0 Å². The molecule has 1 aliphatic carbocycles. The van der Waals surface area contributed by atoms with Gasteiger partial charge in [-0.3, -0.25) is 9.69 Å². The van der Waals surface area contributed by atoms with E-state index in [-0.39, 0.29) is 11.7 Å². The van der Waals surface area contributed by atoms with Gasteiger partial charge in [-0.25, -0.2) is 9.37 Å². The summed E-state index contributed by atoms with van der Waals surface area (Å²) in [5.41, 5.74) is 7.28. The first-order valence-corrected chi connectivity index (χ1v) is 13.4. The summed E-state index contributed by atoms with van der Waals surface area (Å²) in [5, 5.41) is 0. The zero-order valence-electron chi connectivity index (χ0n) is 21.4. The lowest BCUT2D eigenvalue weighted by Gasteiger charge is -2.36. The second-order valence-electron chi connectivity index (χ2n) is 10.5. The fraction of sp³-hybridized carbons (Fsp3) is 0.355. The predicted octanol–water partition coefficient (Wildman–Crippen LogP) is 5.95. The number of piperazine rings is 1. The number of halogens is 1. The van der Waals surface area contributed by atoms with Gasteiger partial charge in [0.05, 0.1) is 11.4 Å². The summed E-state index contributed by atoms with van der Waals surface area (Å²) in [6.07, 6.45) is 6.62. The predicted molar refractivity (Wildman–Crippen MR) is 145 cm³/mol. The monoisotopic (exact) mass is 496 g/mol. The van der Waals surface area contributed by atoms with E-state index >= 15 is 0 Å². The largest absolute Gasteiger partial charge is 0.340 e. The quantitative estimate of drug-likeness (QED) is 0.343. The molecule has 0 N–H and O–H groups in total. The zero-order chi connectivity index (χ0) is 25.4. The Morgan fingerprint density at radius 3 is 2.38 bits per heavy atom. The summed E-state index contributed by atoms with van der Waals surface area (Å²) in [5.74, 6) is 0.330. The summed E-state index contributed by atoms with van der Waals surface area (Å²) in [6.45, 7) is 6.04. The smallest absolute Gasteiger partial charge is 0.225 e. The van der Waals surface area contributed by atoms with Gasteiger partial charge >= 0.3 is 0 Å². The minimum Gasteiger partial charge on any atom is -0.340 e. The number of aromatic nitrogens is 2. The van der Waals surface area contributed by atoms with Crippen molar-refractivity contribution in [2.45, 2.75) is 39.2 Å². The molecule has 6 rings (SSSR count). The van der Waals surface area contributed by atoms with E-state index in [1.54, 1.807) is 12.1 Å². The van der Waals surface area contributed by atoms with E-state index in [2.05, 4.69) is 63.7 Å². The first-order chi connectivity index (χ1) is 18.0. The van der Waals surface area contributed by atoms with E-state index in [9.17, 15) is 9.18 Å². The molecule has 1 saturated carbocycles. The topological polar surface area (TPSA) is 40.9 Å². The Kier molecular flexibility index (Phi) is 6.51. The van der Waals surface area contributed by atoms with Crippen LogP contribution in [0.2, 0.25) is 0 Å². The van der Waals surface area contributed by atoms with Crippen LogP contribution in [0.1, 0.15) is 36.9 Å². The van der Waals surface area contributed by atoms with Gasteiger partial charge in [-0.15, -0.1) is 0 Å². The molecule has 5 nitrogen and oxygen atoms in total. The van der Waals surface area contributed by atoms with Crippen LogP contribution in [0.25, 0.3) is 28.0 Å². The van der Waals surface area contributed by atoms with Crippen LogP contribution in [0.15, 0.2) is 66.9 Å². The standard InChI is InChI=1S/C31H33FN4O/c1-22-5-4-8-25(19-22)26-11-14-29-33-30(23-9-12-27(32)13-10-23)28(36(29)20-26)21-34-15-17-35(18-16-34)31(37)24-6-2-3-7-24/h4-5,8-14,19-20,24H,2-3,6-7,15-18,21H2,1H3. The van der Waals surface area contributed by atoms with Gasteiger partial charge in [-0.2, -0.15) is 0 Å². The van der Waals surface area contributed by atoms with Gasteiger partial charge in [0.1, 0.15) is 11.5 Å². The van der Waals surface area contributed by atoms with Crippen molar-refractivity contribution in [1.82, 2.24) is 19.2 Å². The maximum Gasteiger partial charge on any atom is 0.225 e. The lowest BCUT2D eigenvalue weighted by molar-refractivity contribution is -0.137. The fourth-order valence-corrected chi connectivity index (χ4v) is 5.85. The molecule has 190 valence electrons. The molecule has 0 radical (unpaired) electrons. The summed E-state index contributed by atoms with van der Waals surface area (Å²) in [6, 6.07) is 19.3. The highest BCUT2D eigenvalue weighted by molar-refractivity contribution is 5.79. The number of pyridine rings is 1. The number of hydrogen-bond acceptors (Lipinski definition) is 3. The molecule has 2 aromatic carbocycles. The molecule has 1 saturated heterocycles. The molecular formula is C31H33FN4O. The van der Waals surface area contributed by atoms with Crippen molar-refractivity contribution in [3.05, 3.63) is 83.9 Å². The average molecular weight is 497 g/mol. The van der Waals surface area contributed by atoms with Crippen molar-refractivity contribution in [3.63, 3.8) is 0 Å². The van der Waals surface area contributed by atoms with Gasteiger partial charge in [0.25, 0.3) is 0 Å². The van der Waals surface area contributed by atoms with Crippen molar-refractivity contribution in [3.8, 4) is 22.4 Å². The second kappa shape index (κ2) is 10.1. The Labute approximate surface area is 217 Å². The summed E-state index contributed by atoms with van der Waals surface area (Å²) < 4.78 is 15.9. The first-order valence-electron chi connectivity index (χ1n) is 13.4. The minimum absolute atomic E-state index is 0.232. The van der Waals surface area contributed by atoms with Crippen molar-refractivity contribution in [2.24, 2.45) is 5.92 Å². The number of hydrogen-bond donors (Lipinski definition) is 0. The molecule has 1 amide bonds. The Morgan fingerprint density at radius 2 is 1.65 bits per heavy atom. The van der Waals surface area contributed by atoms with Crippen LogP contribution in [0.3, 0.4) is 0 Å². The molecule has 2 aromatic heterocycles. The minimum atomic E-state index is -0.251. The van der Waals surface area contributed by atoms with E-state index in [1.807, 2.05) is 0 Å². The van der Waals surface area contributed by atoms with Gasteiger partial charge in [0.15, 0.2) is 0 Å². The van der Waals surface area contributed by atoms with Gasteiger partial charge < -0.3 is 9.30 Å². The molecule has 6 heteroatoms. The molecule has 3 heterocycles.